The van der Waals surface area contributed by atoms with Crippen LogP contribution in [0.1, 0.15) is 36.7 Å². The van der Waals surface area contributed by atoms with Crippen LogP contribution in [0.15, 0.2) is 24.7 Å². The van der Waals surface area contributed by atoms with E-state index in [1.807, 2.05) is 25.5 Å². The summed E-state index contributed by atoms with van der Waals surface area (Å²) in [4.78, 5) is 14.7. The monoisotopic (exact) mass is 288 g/mol. The quantitative estimate of drug-likeness (QED) is 0.674. The smallest absolute Gasteiger partial charge is 0.272 e. The van der Waals surface area contributed by atoms with Gasteiger partial charge in [0.1, 0.15) is 0 Å². The number of aryl methyl sites for hydroxylation is 2. The van der Waals surface area contributed by atoms with Crippen molar-refractivity contribution in [1.29, 1.82) is 0 Å². The summed E-state index contributed by atoms with van der Waals surface area (Å²) in [6.45, 7) is 8.46. The number of benzene rings is 1. The van der Waals surface area contributed by atoms with Crippen molar-refractivity contribution >= 4 is 11.4 Å². The van der Waals surface area contributed by atoms with Gasteiger partial charge in [0.05, 0.1) is 23.5 Å². The van der Waals surface area contributed by atoms with E-state index in [1.165, 1.54) is 0 Å². The molecule has 1 aromatic heterocycles. The zero-order chi connectivity index (χ0) is 15.6. The molecular formula is C15H20N4O2. The summed E-state index contributed by atoms with van der Waals surface area (Å²) < 4.78 is 2.10. The number of nitrogens with one attached hydrogen (secondary N) is 1. The van der Waals surface area contributed by atoms with Gasteiger partial charge in [0, 0.05) is 29.6 Å². The second-order valence-corrected chi connectivity index (χ2v) is 5.45. The maximum Gasteiger partial charge on any atom is 0.272 e. The zero-order valence-electron chi connectivity index (χ0n) is 12.8. The van der Waals surface area contributed by atoms with Crippen LogP contribution in [0.25, 0.3) is 0 Å². The molecule has 0 aliphatic heterocycles. The summed E-state index contributed by atoms with van der Waals surface area (Å²) in [5.41, 5.74) is 3.67. The van der Waals surface area contributed by atoms with Crippen LogP contribution in [0.2, 0.25) is 0 Å². The molecule has 2 rings (SSSR count). The van der Waals surface area contributed by atoms with E-state index in [9.17, 15) is 10.1 Å². The van der Waals surface area contributed by atoms with Gasteiger partial charge in [-0.3, -0.25) is 10.1 Å². The highest BCUT2D eigenvalue weighted by Crippen LogP contribution is 2.26. The molecule has 0 spiro atoms. The Bertz CT molecular complexity index is 662. The molecule has 0 aliphatic carbocycles. The van der Waals surface area contributed by atoms with Gasteiger partial charge in [-0.25, -0.2) is 4.98 Å². The minimum absolute atomic E-state index is 0.158. The first-order valence-electron chi connectivity index (χ1n) is 6.90. The molecule has 0 radical (unpaired) electrons. The number of hydrogen-bond donors (Lipinski definition) is 1. The van der Waals surface area contributed by atoms with Crippen molar-refractivity contribution in [3.63, 3.8) is 0 Å². The second-order valence-electron chi connectivity index (χ2n) is 5.45. The van der Waals surface area contributed by atoms with Crippen molar-refractivity contribution in [2.75, 3.05) is 5.32 Å². The van der Waals surface area contributed by atoms with Gasteiger partial charge in [-0.05, 0) is 39.3 Å². The Morgan fingerprint density at radius 1 is 1.33 bits per heavy atom. The Hall–Kier alpha value is -2.37. The number of nitrogens with zero attached hydrogens (tertiary/aromatic N) is 3. The van der Waals surface area contributed by atoms with Crippen LogP contribution >= 0.6 is 0 Å². The maximum absolute atomic E-state index is 10.9. The average Bonchev–Trinajstić information content (AvgIpc) is 2.87. The standard InChI is InChI=1S/C15H20N4O2/c1-10(2)18-9-16-7-13(18)8-17-14-5-12(4)15(19(20)21)6-11(14)3/h5-7,9-10,17H,8H2,1-4H3. The number of anilines is 1. The number of nitro benzene ring substituents is 1. The van der Waals surface area contributed by atoms with Crippen LogP contribution in [0.4, 0.5) is 11.4 Å². The highest BCUT2D eigenvalue weighted by molar-refractivity contribution is 5.59. The summed E-state index contributed by atoms with van der Waals surface area (Å²) in [6, 6.07) is 3.78. The van der Waals surface area contributed by atoms with Crippen LogP contribution in [-0.2, 0) is 6.54 Å². The van der Waals surface area contributed by atoms with Gasteiger partial charge >= 0.3 is 0 Å². The Kier molecular flexibility index (Phi) is 4.26. The van der Waals surface area contributed by atoms with Crippen LogP contribution in [0, 0.1) is 24.0 Å². The van der Waals surface area contributed by atoms with Gasteiger partial charge in [-0.15, -0.1) is 0 Å². The minimum atomic E-state index is -0.347. The van der Waals surface area contributed by atoms with Gasteiger partial charge in [-0.2, -0.15) is 0 Å². The van der Waals surface area contributed by atoms with Crippen molar-refractivity contribution in [2.45, 2.75) is 40.3 Å². The first kappa shape index (κ1) is 15.0. The lowest BCUT2D eigenvalue weighted by Gasteiger charge is -2.14. The molecule has 1 aromatic carbocycles. The molecule has 0 saturated heterocycles. The van der Waals surface area contributed by atoms with Gasteiger partial charge < -0.3 is 9.88 Å². The Labute approximate surface area is 124 Å². The molecule has 0 saturated carbocycles. The fraction of sp³-hybridized carbons (Fsp3) is 0.400. The summed E-state index contributed by atoms with van der Waals surface area (Å²) in [5.74, 6) is 0. The molecule has 1 heterocycles. The van der Waals surface area contributed by atoms with E-state index in [0.717, 1.165) is 16.9 Å². The lowest BCUT2D eigenvalue weighted by molar-refractivity contribution is -0.385. The number of aromatic nitrogens is 2. The fourth-order valence-electron chi connectivity index (χ4n) is 2.31. The first-order chi connectivity index (χ1) is 9.90. The highest BCUT2D eigenvalue weighted by Gasteiger charge is 2.13. The lowest BCUT2D eigenvalue weighted by atomic mass is 10.1. The van der Waals surface area contributed by atoms with Crippen molar-refractivity contribution in [3.05, 3.63) is 51.6 Å². The van der Waals surface area contributed by atoms with Gasteiger partial charge in [0.25, 0.3) is 5.69 Å². The predicted molar refractivity (Wildman–Crippen MR) is 82.5 cm³/mol. The van der Waals surface area contributed by atoms with E-state index < -0.39 is 0 Å². The van der Waals surface area contributed by atoms with Gasteiger partial charge in [0.15, 0.2) is 0 Å². The van der Waals surface area contributed by atoms with Gasteiger partial charge in [-0.1, -0.05) is 0 Å². The Balaban J connectivity index is 2.19. The topological polar surface area (TPSA) is 73.0 Å². The van der Waals surface area contributed by atoms with E-state index in [2.05, 4.69) is 28.7 Å². The third-order valence-corrected chi connectivity index (χ3v) is 3.50. The summed E-state index contributed by atoms with van der Waals surface area (Å²) >= 11 is 0. The SMILES string of the molecule is Cc1cc([N+](=O)[O-])c(C)cc1NCc1cncn1C(C)C. The number of imidazole rings is 1. The van der Waals surface area contributed by atoms with Crippen LogP contribution in [-0.4, -0.2) is 14.5 Å². The van der Waals surface area contributed by atoms with Crippen molar-refractivity contribution < 1.29 is 4.92 Å². The largest absolute Gasteiger partial charge is 0.379 e. The Morgan fingerprint density at radius 3 is 2.67 bits per heavy atom. The summed E-state index contributed by atoms with van der Waals surface area (Å²) in [5, 5.41) is 14.3. The van der Waals surface area contributed by atoms with Crippen molar-refractivity contribution in [2.24, 2.45) is 0 Å². The van der Waals surface area contributed by atoms with E-state index in [1.54, 1.807) is 13.0 Å². The first-order valence-corrected chi connectivity index (χ1v) is 6.90. The zero-order valence-corrected chi connectivity index (χ0v) is 12.8. The lowest BCUT2D eigenvalue weighted by Crippen LogP contribution is -2.09. The maximum atomic E-state index is 10.9. The van der Waals surface area contributed by atoms with E-state index >= 15 is 0 Å². The number of hydrogen-bond acceptors (Lipinski definition) is 4. The molecule has 1 N–H and O–H groups in total. The van der Waals surface area contributed by atoms with Crippen molar-refractivity contribution in [3.8, 4) is 0 Å². The molecule has 6 nitrogen and oxygen atoms in total. The molecule has 112 valence electrons. The normalized spacial score (nSPS) is 10.9. The molecule has 0 fully saturated rings. The summed E-state index contributed by atoms with van der Waals surface area (Å²) in [6.07, 6.45) is 3.65. The molecule has 0 unspecified atom stereocenters. The third-order valence-electron chi connectivity index (χ3n) is 3.50. The molecule has 0 atom stereocenters. The van der Waals surface area contributed by atoms with Crippen LogP contribution < -0.4 is 5.32 Å². The van der Waals surface area contributed by atoms with E-state index in [4.69, 9.17) is 0 Å². The van der Waals surface area contributed by atoms with E-state index in [0.29, 0.717) is 18.2 Å². The summed E-state index contributed by atoms with van der Waals surface area (Å²) in [7, 11) is 0. The average molecular weight is 288 g/mol. The number of nitro groups is 1. The molecule has 6 heteroatoms. The molecule has 2 aromatic rings. The van der Waals surface area contributed by atoms with Gasteiger partial charge in [0.2, 0.25) is 0 Å². The second kappa shape index (κ2) is 5.95. The predicted octanol–water partition coefficient (Wildman–Crippen LogP) is 3.60. The Morgan fingerprint density at radius 2 is 2.05 bits per heavy atom. The number of rotatable bonds is 5. The fourth-order valence-corrected chi connectivity index (χ4v) is 2.31. The molecule has 0 bridgehead atoms. The molecule has 0 aliphatic rings. The molecule has 21 heavy (non-hydrogen) atoms. The van der Waals surface area contributed by atoms with Crippen molar-refractivity contribution in [1.82, 2.24) is 9.55 Å². The highest BCUT2D eigenvalue weighted by atomic mass is 16.6. The minimum Gasteiger partial charge on any atom is -0.379 e. The van der Waals surface area contributed by atoms with E-state index in [-0.39, 0.29) is 10.6 Å². The van der Waals surface area contributed by atoms with Crippen LogP contribution in [0.5, 0.6) is 0 Å². The molecular weight excluding hydrogens is 268 g/mol. The molecule has 0 amide bonds. The van der Waals surface area contributed by atoms with Crippen LogP contribution in [0.3, 0.4) is 0 Å². The third kappa shape index (κ3) is 3.21.